The zero-order chi connectivity index (χ0) is 15.0. The summed E-state index contributed by atoms with van der Waals surface area (Å²) in [4.78, 5) is 24.0. The minimum absolute atomic E-state index is 0.0762. The Bertz CT molecular complexity index is 447. The van der Waals surface area contributed by atoms with Crippen molar-refractivity contribution in [2.75, 3.05) is 6.61 Å². The van der Waals surface area contributed by atoms with Crippen molar-refractivity contribution in [3.05, 3.63) is 11.6 Å². The molecule has 0 saturated heterocycles. The van der Waals surface area contributed by atoms with E-state index in [1.165, 1.54) is 12.0 Å². The molecule has 3 nitrogen and oxygen atoms in total. The van der Waals surface area contributed by atoms with Crippen molar-refractivity contribution >= 4 is 11.8 Å². The number of allylic oxidation sites excluding steroid dienone is 2. The molecule has 3 heteroatoms. The maximum atomic E-state index is 12.3. The SMILES string of the molecule is CCOC(=O)C[C@H]1C[C@@]2(C)CCCC(C)(C)C2=CC1=O. The fourth-order valence-electron chi connectivity index (χ4n) is 4.09. The molecule has 0 aromatic rings. The lowest BCUT2D eigenvalue weighted by molar-refractivity contribution is -0.146. The molecule has 0 aromatic carbocycles. The fourth-order valence-corrected chi connectivity index (χ4v) is 4.09. The van der Waals surface area contributed by atoms with E-state index in [2.05, 4.69) is 20.8 Å². The van der Waals surface area contributed by atoms with Gasteiger partial charge in [0.1, 0.15) is 0 Å². The Labute approximate surface area is 121 Å². The van der Waals surface area contributed by atoms with Gasteiger partial charge in [0, 0.05) is 5.92 Å². The van der Waals surface area contributed by atoms with Crippen LogP contribution in [-0.4, -0.2) is 18.4 Å². The van der Waals surface area contributed by atoms with Crippen LogP contribution >= 0.6 is 0 Å². The molecule has 2 aliphatic carbocycles. The van der Waals surface area contributed by atoms with Crippen LogP contribution in [0.3, 0.4) is 0 Å². The highest BCUT2D eigenvalue weighted by Gasteiger charge is 2.46. The minimum atomic E-state index is -0.249. The number of carbonyl (C=O) groups excluding carboxylic acids is 2. The lowest BCUT2D eigenvalue weighted by Gasteiger charge is -2.49. The van der Waals surface area contributed by atoms with E-state index in [0.717, 1.165) is 19.3 Å². The van der Waals surface area contributed by atoms with Crippen LogP contribution in [-0.2, 0) is 14.3 Å². The maximum absolute atomic E-state index is 12.3. The van der Waals surface area contributed by atoms with Gasteiger partial charge in [-0.1, -0.05) is 32.8 Å². The van der Waals surface area contributed by atoms with Crippen molar-refractivity contribution < 1.29 is 14.3 Å². The monoisotopic (exact) mass is 278 g/mol. The van der Waals surface area contributed by atoms with E-state index in [1.54, 1.807) is 6.92 Å². The van der Waals surface area contributed by atoms with Crippen molar-refractivity contribution in [1.82, 2.24) is 0 Å². The summed E-state index contributed by atoms with van der Waals surface area (Å²) in [6.45, 7) is 8.89. The van der Waals surface area contributed by atoms with Gasteiger partial charge < -0.3 is 4.74 Å². The van der Waals surface area contributed by atoms with Crippen LogP contribution in [0.1, 0.15) is 59.8 Å². The topological polar surface area (TPSA) is 43.4 Å². The van der Waals surface area contributed by atoms with E-state index in [0.29, 0.717) is 6.61 Å². The summed E-state index contributed by atoms with van der Waals surface area (Å²) in [7, 11) is 0. The number of fused-ring (bicyclic) bond motifs is 1. The van der Waals surface area contributed by atoms with Gasteiger partial charge in [0.05, 0.1) is 13.0 Å². The predicted molar refractivity (Wildman–Crippen MR) is 78.2 cm³/mol. The standard InChI is InChI=1S/C17H26O3/c1-5-20-15(19)9-12-11-17(4)8-6-7-16(2,3)14(17)10-13(12)18/h10,12H,5-9,11H2,1-4H3/t12-,17+/m0/s1. The zero-order valence-electron chi connectivity index (χ0n) is 13.1. The second-order valence-electron chi connectivity index (χ2n) is 7.17. The Kier molecular flexibility index (Phi) is 4.08. The second kappa shape index (κ2) is 5.34. The van der Waals surface area contributed by atoms with Crippen LogP contribution in [0, 0.1) is 16.7 Å². The summed E-state index contributed by atoms with van der Waals surface area (Å²) in [5.41, 5.74) is 1.48. The number of esters is 1. The molecule has 0 aromatic heterocycles. The lowest BCUT2D eigenvalue weighted by atomic mass is 9.55. The molecule has 1 fully saturated rings. The molecule has 0 bridgehead atoms. The van der Waals surface area contributed by atoms with Gasteiger partial charge in [-0.2, -0.15) is 0 Å². The number of hydrogen-bond donors (Lipinski definition) is 0. The zero-order valence-corrected chi connectivity index (χ0v) is 13.1. The lowest BCUT2D eigenvalue weighted by Crippen LogP contribution is -2.41. The van der Waals surface area contributed by atoms with Crippen molar-refractivity contribution in [3.8, 4) is 0 Å². The average Bonchev–Trinajstić information content (AvgIpc) is 2.32. The van der Waals surface area contributed by atoms with Crippen LogP contribution < -0.4 is 0 Å². The first-order chi connectivity index (χ1) is 9.28. The third-order valence-electron chi connectivity index (χ3n) is 5.01. The van der Waals surface area contributed by atoms with Crippen LogP contribution in [0.2, 0.25) is 0 Å². The molecule has 0 unspecified atom stereocenters. The van der Waals surface area contributed by atoms with Crippen LogP contribution in [0.25, 0.3) is 0 Å². The Morgan fingerprint density at radius 3 is 2.70 bits per heavy atom. The number of ketones is 1. The van der Waals surface area contributed by atoms with Gasteiger partial charge in [-0.25, -0.2) is 0 Å². The molecule has 0 spiro atoms. The molecule has 2 aliphatic rings. The second-order valence-corrected chi connectivity index (χ2v) is 7.17. The summed E-state index contributed by atoms with van der Waals surface area (Å²) >= 11 is 0. The van der Waals surface area contributed by atoms with Crippen LogP contribution in [0.4, 0.5) is 0 Å². The van der Waals surface area contributed by atoms with Gasteiger partial charge in [-0.05, 0) is 43.1 Å². The molecule has 0 aliphatic heterocycles. The van der Waals surface area contributed by atoms with Gasteiger partial charge in [0.15, 0.2) is 5.78 Å². The molecule has 0 amide bonds. The van der Waals surface area contributed by atoms with Gasteiger partial charge in [0.25, 0.3) is 0 Å². The Morgan fingerprint density at radius 2 is 2.05 bits per heavy atom. The highest BCUT2D eigenvalue weighted by molar-refractivity contribution is 5.96. The first-order valence-corrected chi connectivity index (χ1v) is 7.70. The first-order valence-electron chi connectivity index (χ1n) is 7.70. The van der Waals surface area contributed by atoms with E-state index in [9.17, 15) is 9.59 Å². The van der Waals surface area contributed by atoms with Gasteiger partial charge >= 0.3 is 5.97 Å². The summed E-state index contributed by atoms with van der Waals surface area (Å²) in [5.74, 6) is -0.335. The van der Waals surface area contributed by atoms with E-state index in [-0.39, 0.29) is 34.9 Å². The summed E-state index contributed by atoms with van der Waals surface area (Å²) in [5, 5.41) is 0. The number of hydrogen-bond acceptors (Lipinski definition) is 3. The van der Waals surface area contributed by atoms with Crippen molar-refractivity contribution in [2.24, 2.45) is 16.7 Å². The number of carbonyl (C=O) groups is 2. The Morgan fingerprint density at radius 1 is 1.35 bits per heavy atom. The normalized spacial score (nSPS) is 32.3. The third kappa shape index (κ3) is 2.82. The van der Waals surface area contributed by atoms with Crippen LogP contribution in [0.15, 0.2) is 11.6 Å². The molecular formula is C17H26O3. The predicted octanol–water partition coefficient (Wildman–Crippen LogP) is 3.67. The molecule has 112 valence electrons. The molecule has 1 saturated carbocycles. The smallest absolute Gasteiger partial charge is 0.306 e. The largest absolute Gasteiger partial charge is 0.466 e. The summed E-state index contributed by atoms with van der Waals surface area (Å²) < 4.78 is 4.99. The van der Waals surface area contributed by atoms with Crippen molar-refractivity contribution in [2.45, 2.75) is 59.8 Å². The fraction of sp³-hybridized carbons (Fsp3) is 0.765. The molecule has 2 atom stereocenters. The van der Waals surface area contributed by atoms with Gasteiger partial charge in [-0.15, -0.1) is 0 Å². The molecule has 0 radical (unpaired) electrons. The Balaban J connectivity index is 2.21. The van der Waals surface area contributed by atoms with Crippen molar-refractivity contribution in [3.63, 3.8) is 0 Å². The van der Waals surface area contributed by atoms with Gasteiger partial charge in [0.2, 0.25) is 0 Å². The molecular weight excluding hydrogens is 252 g/mol. The summed E-state index contributed by atoms with van der Waals surface area (Å²) in [6, 6.07) is 0. The molecule has 20 heavy (non-hydrogen) atoms. The van der Waals surface area contributed by atoms with Gasteiger partial charge in [-0.3, -0.25) is 9.59 Å². The van der Waals surface area contributed by atoms with Crippen LogP contribution in [0.5, 0.6) is 0 Å². The molecule has 2 rings (SSSR count). The highest BCUT2D eigenvalue weighted by Crippen LogP contribution is 2.55. The molecule has 0 heterocycles. The first kappa shape index (κ1) is 15.3. The minimum Gasteiger partial charge on any atom is -0.466 e. The number of ether oxygens (including phenoxy) is 1. The average molecular weight is 278 g/mol. The van der Waals surface area contributed by atoms with Crippen molar-refractivity contribution in [1.29, 1.82) is 0 Å². The maximum Gasteiger partial charge on any atom is 0.306 e. The highest BCUT2D eigenvalue weighted by atomic mass is 16.5. The van der Waals surface area contributed by atoms with E-state index >= 15 is 0 Å². The third-order valence-corrected chi connectivity index (χ3v) is 5.01. The quantitative estimate of drug-likeness (QED) is 0.740. The van der Waals surface area contributed by atoms with E-state index in [1.807, 2.05) is 6.08 Å². The number of rotatable bonds is 3. The summed E-state index contributed by atoms with van der Waals surface area (Å²) in [6.07, 6.45) is 6.32. The Hall–Kier alpha value is -1.12. The van der Waals surface area contributed by atoms with E-state index in [4.69, 9.17) is 4.74 Å². The van der Waals surface area contributed by atoms with E-state index < -0.39 is 0 Å². The molecule has 0 N–H and O–H groups in total.